The Morgan fingerprint density at radius 3 is 2.94 bits per heavy atom. The molecule has 0 fully saturated rings. The second-order valence-corrected chi connectivity index (χ2v) is 5.13. The lowest BCUT2D eigenvalue weighted by molar-refractivity contribution is 0.626. The van der Waals surface area contributed by atoms with E-state index in [-0.39, 0.29) is 5.82 Å². The van der Waals surface area contributed by atoms with Gasteiger partial charge in [-0.25, -0.2) is 14.4 Å². The van der Waals surface area contributed by atoms with Crippen LogP contribution in [0.3, 0.4) is 0 Å². The Bertz CT molecular complexity index is 711. The van der Waals surface area contributed by atoms with Gasteiger partial charge in [0, 0.05) is 11.8 Å². The number of hydrogen-bond acceptors (Lipinski definition) is 3. The van der Waals surface area contributed by atoms with Crippen molar-refractivity contribution in [2.24, 2.45) is 0 Å². The van der Waals surface area contributed by atoms with E-state index in [0.717, 1.165) is 15.8 Å². The fourth-order valence-corrected chi connectivity index (χ4v) is 2.86. The first kappa shape index (κ1) is 11.6. The first-order chi connectivity index (χ1) is 8.72. The molecule has 90 valence electrons. The third-order valence-corrected chi connectivity index (χ3v) is 3.67. The number of nitrogens with zero attached hydrogens (tertiary/aromatic N) is 2. The predicted octanol–water partition coefficient (Wildman–Crippen LogP) is 4.07. The Kier molecular flexibility index (Phi) is 2.97. The van der Waals surface area contributed by atoms with Gasteiger partial charge in [0.25, 0.3) is 0 Å². The van der Waals surface area contributed by atoms with Crippen LogP contribution in [0.2, 0.25) is 5.15 Å². The molecule has 0 saturated carbocycles. The molecule has 3 aromatic rings. The van der Waals surface area contributed by atoms with Gasteiger partial charge < -0.3 is 0 Å². The normalized spacial score (nSPS) is 11.0. The van der Waals surface area contributed by atoms with Crippen molar-refractivity contribution in [2.75, 3.05) is 0 Å². The summed E-state index contributed by atoms with van der Waals surface area (Å²) in [6.45, 7) is 0. The third kappa shape index (κ3) is 2.21. The highest BCUT2D eigenvalue weighted by molar-refractivity contribution is 7.16. The molecule has 2 aromatic heterocycles. The van der Waals surface area contributed by atoms with Crippen LogP contribution in [0.25, 0.3) is 10.2 Å². The van der Waals surface area contributed by atoms with Gasteiger partial charge in [0.05, 0.1) is 0 Å². The zero-order valence-corrected chi connectivity index (χ0v) is 10.8. The minimum atomic E-state index is -0.254. The number of thiophene rings is 1. The SMILES string of the molecule is Fc1cccc(Cc2nc(Cl)c3ccsc3n2)c1. The highest BCUT2D eigenvalue weighted by Crippen LogP contribution is 2.25. The van der Waals surface area contributed by atoms with E-state index in [9.17, 15) is 4.39 Å². The average molecular weight is 279 g/mol. The monoisotopic (exact) mass is 278 g/mol. The molecule has 0 aliphatic rings. The summed E-state index contributed by atoms with van der Waals surface area (Å²) in [6, 6.07) is 8.32. The Labute approximate surface area is 112 Å². The molecule has 0 radical (unpaired) electrons. The van der Waals surface area contributed by atoms with Crippen LogP contribution in [-0.4, -0.2) is 9.97 Å². The van der Waals surface area contributed by atoms with Crippen molar-refractivity contribution in [1.29, 1.82) is 0 Å². The molecule has 0 aliphatic heterocycles. The summed E-state index contributed by atoms with van der Waals surface area (Å²) in [5.74, 6) is 0.358. The summed E-state index contributed by atoms with van der Waals surface area (Å²) in [5.41, 5.74) is 0.835. The van der Waals surface area contributed by atoms with Crippen LogP contribution in [0.5, 0.6) is 0 Å². The lowest BCUT2D eigenvalue weighted by Gasteiger charge is -2.02. The van der Waals surface area contributed by atoms with Crippen molar-refractivity contribution in [3.8, 4) is 0 Å². The van der Waals surface area contributed by atoms with Gasteiger partial charge in [0.2, 0.25) is 0 Å². The Balaban J connectivity index is 1.99. The summed E-state index contributed by atoms with van der Waals surface area (Å²) in [6.07, 6.45) is 0.478. The second kappa shape index (κ2) is 4.63. The molecule has 1 aromatic carbocycles. The van der Waals surface area contributed by atoms with E-state index in [1.807, 2.05) is 17.5 Å². The molecular formula is C13H8ClFN2S. The summed E-state index contributed by atoms with van der Waals surface area (Å²) in [4.78, 5) is 9.52. The number of fused-ring (bicyclic) bond motifs is 1. The molecule has 0 N–H and O–H groups in total. The molecule has 3 rings (SSSR count). The summed E-state index contributed by atoms with van der Waals surface area (Å²) < 4.78 is 13.1. The van der Waals surface area contributed by atoms with Crippen LogP contribution in [0.15, 0.2) is 35.7 Å². The zero-order chi connectivity index (χ0) is 12.5. The highest BCUT2D eigenvalue weighted by atomic mass is 35.5. The van der Waals surface area contributed by atoms with Crippen LogP contribution in [0, 0.1) is 5.82 Å². The standard InChI is InChI=1S/C13H8ClFN2S/c14-12-10-4-5-18-13(10)17-11(16-12)7-8-2-1-3-9(15)6-8/h1-6H,7H2. The third-order valence-electron chi connectivity index (χ3n) is 2.58. The second-order valence-electron chi connectivity index (χ2n) is 3.88. The molecule has 0 amide bonds. The van der Waals surface area contributed by atoms with Gasteiger partial charge in [0.15, 0.2) is 0 Å². The largest absolute Gasteiger partial charge is 0.222 e. The van der Waals surface area contributed by atoms with Crippen LogP contribution in [0.1, 0.15) is 11.4 Å². The lowest BCUT2D eigenvalue weighted by Crippen LogP contribution is -1.97. The highest BCUT2D eigenvalue weighted by Gasteiger charge is 2.08. The zero-order valence-electron chi connectivity index (χ0n) is 9.23. The number of hydrogen-bond donors (Lipinski definition) is 0. The average Bonchev–Trinajstić information content (AvgIpc) is 2.77. The van der Waals surface area contributed by atoms with Crippen LogP contribution < -0.4 is 0 Å². The van der Waals surface area contributed by atoms with Gasteiger partial charge in [-0.3, -0.25) is 0 Å². The minimum absolute atomic E-state index is 0.254. The van der Waals surface area contributed by atoms with E-state index in [2.05, 4.69) is 9.97 Å². The van der Waals surface area contributed by atoms with Gasteiger partial charge in [-0.05, 0) is 29.1 Å². The Morgan fingerprint density at radius 2 is 2.11 bits per heavy atom. The molecule has 0 aliphatic carbocycles. The fraction of sp³-hybridized carbons (Fsp3) is 0.0769. The Hall–Kier alpha value is -1.52. The van der Waals surface area contributed by atoms with Crippen LogP contribution in [0.4, 0.5) is 4.39 Å². The van der Waals surface area contributed by atoms with E-state index < -0.39 is 0 Å². The Morgan fingerprint density at radius 1 is 1.22 bits per heavy atom. The van der Waals surface area contributed by atoms with Gasteiger partial charge in [-0.15, -0.1) is 11.3 Å². The van der Waals surface area contributed by atoms with Crippen molar-refractivity contribution in [1.82, 2.24) is 9.97 Å². The fourth-order valence-electron chi connectivity index (χ4n) is 1.77. The summed E-state index contributed by atoms with van der Waals surface area (Å²) in [5, 5.41) is 3.24. The molecule has 18 heavy (non-hydrogen) atoms. The van der Waals surface area contributed by atoms with Crippen molar-refractivity contribution in [2.45, 2.75) is 6.42 Å². The minimum Gasteiger partial charge on any atom is -0.222 e. The lowest BCUT2D eigenvalue weighted by atomic mass is 10.1. The molecule has 0 unspecified atom stereocenters. The smallest absolute Gasteiger partial charge is 0.141 e. The van der Waals surface area contributed by atoms with E-state index in [0.29, 0.717) is 17.4 Å². The van der Waals surface area contributed by atoms with E-state index >= 15 is 0 Å². The van der Waals surface area contributed by atoms with Gasteiger partial charge in [-0.1, -0.05) is 23.7 Å². The summed E-state index contributed by atoms with van der Waals surface area (Å²) in [7, 11) is 0. The van der Waals surface area contributed by atoms with Crippen molar-refractivity contribution in [3.63, 3.8) is 0 Å². The van der Waals surface area contributed by atoms with E-state index in [4.69, 9.17) is 11.6 Å². The maximum Gasteiger partial charge on any atom is 0.141 e. The first-order valence-electron chi connectivity index (χ1n) is 5.36. The maximum absolute atomic E-state index is 13.1. The van der Waals surface area contributed by atoms with Crippen LogP contribution in [-0.2, 0) is 6.42 Å². The van der Waals surface area contributed by atoms with Crippen molar-refractivity contribution >= 4 is 33.2 Å². The number of rotatable bonds is 2. The molecule has 2 heterocycles. The molecule has 5 heteroatoms. The van der Waals surface area contributed by atoms with Crippen molar-refractivity contribution in [3.05, 3.63) is 58.1 Å². The summed E-state index contributed by atoms with van der Waals surface area (Å²) >= 11 is 7.60. The first-order valence-corrected chi connectivity index (χ1v) is 6.62. The topological polar surface area (TPSA) is 25.8 Å². The maximum atomic E-state index is 13.1. The van der Waals surface area contributed by atoms with Crippen LogP contribution >= 0.6 is 22.9 Å². The van der Waals surface area contributed by atoms with Gasteiger partial charge >= 0.3 is 0 Å². The molecule has 2 nitrogen and oxygen atoms in total. The molecule has 0 spiro atoms. The number of benzene rings is 1. The number of halogens is 2. The molecule has 0 bridgehead atoms. The van der Waals surface area contributed by atoms with E-state index in [1.165, 1.54) is 23.5 Å². The number of aromatic nitrogens is 2. The van der Waals surface area contributed by atoms with Gasteiger partial charge in [-0.2, -0.15) is 0 Å². The molecular weight excluding hydrogens is 271 g/mol. The van der Waals surface area contributed by atoms with Crippen molar-refractivity contribution < 1.29 is 4.39 Å². The van der Waals surface area contributed by atoms with Gasteiger partial charge in [0.1, 0.15) is 21.6 Å². The molecule has 0 atom stereocenters. The quantitative estimate of drug-likeness (QED) is 0.660. The molecule has 0 saturated heterocycles. The predicted molar refractivity (Wildman–Crippen MR) is 71.6 cm³/mol. The van der Waals surface area contributed by atoms with E-state index in [1.54, 1.807) is 6.07 Å².